The number of nitrogens with one attached hydrogen (secondary N) is 1. The van der Waals surface area contributed by atoms with E-state index in [2.05, 4.69) is 5.32 Å². The molecule has 23 heavy (non-hydrogen) atoms. The van der Waals surface area contributed by atoms with Crippen molar-refractivity contribution in [2.45, 2.75) is 74.9 Å². The zero-order valence-electron chi connectivity index (χ0n) is 15.3. The van der Waals surface area contributed by atoms with E-state index in [1.807, 2.05) is 62.2 Å². The molecule has 0 saturated heterocycles. The molecule has 0 aliphatic rings. The Bertz CT molecular complexity index is 303. The fourth-order valence-electron chi connectivity index (χ4n) is 1.27. The quantitative estimate of drug-likeness (QED) is 0.756. The van der Waals surface area contributed by atoms with E-state index in [0.29, 0.717) is 0 Å². The predicted octanol–water partition coefficient (Wildman–Crippen LogP) is 2.45. The lowest BCUT2D eigenvalue weighted by molar-refractivity contribution is -0.140. The Hall–Kier alpha value is -1.43. The van der Waals surface area contributed by atoms with E-state index in [0.717, 1.165) is 0 Å². The van der Waals surface area contributed by atoms with Gasteiger partial charge >= 0.3 is 0 Å². The molecular weight excluding hydrogens is 296 g/mol. The molecule has 0 atom stereocenters. The minimum absolute atomic E-state index is 0. The first kappa shape index (κ1) is 29.6. The van der Waals surface area contributed by atoms with Gasteiger partial charge in [0.2, 0.25) is 11.8 Å². The monoisotopic (exact) mass is 334 g/mol. The first-order valence-corrected chi connectivity index (χ1v) is 7.55. The van der Waals surface area contributed by atoms with Gasteiger partial charge in [-0.2, -0.15) is 0 Å². The molecule has 0 saturated carbocycles. The van der Waals surface area contributed by atoms with E-state index in [1.165, 1.54) is 4.90 Å². The average molecular weight is 335 g/mol. The Morgan fingerprint density at radius 3 is 1.43 bits per heavy atom. The summed E-state index contributed by atoms with van der Waals surface area (Å²) in [6.07, 6.45) is 0. The molecule has 0 aromatic rings. The molecule has 0 fully saturated rings. The van der Waals surface area contributed by atoms with Crippen molar-refractivity contribution in [1.29, 1.82) is 0 Å². The maximum absolute atomic E-state index is 11.3. The van der Waals surface area contributed by atoms with Crippen LogP contribution < -0.4 is 5.32 Å². The molecule has 140 valence electrons. The molecule has 0 spiro atoms. The molecule has 2 amide bonds. The topological polar surface area (TPSA) is 86.7 Å². The van der Waals surface area contributed by atoms with Gasteiger partial charge in [-0.25, -0.2) is 0 Å². The Labute approximate surface area is 142 Å². The van der Waals surface area contributed by atoms with Crippen LogP contribution in [0.3, 0.4) is 0 Å². The van der Waals surface area contributed by atoms with Crippen molar-refractivity contribution >= 4 is 18.6 Å². The largest absolute Gasteiger partial charge is 0.376 e. The molecule has 0 radical (unpaired) electrons. The summed E-state index contributed by atoms with van der Waals surface area (Å²) in [6.45, 7) is 16.9. The molecule has 0 bridgehead atoms. The van der Waals surface area contributed by atoms with E-state index in [-0.39, 0.29) is 49.9 Å². The SMILES string of the molecule is C.C=O.CC(C)C(=O)N(CO)C(C)C.CC(C)NC(=O)C(C)C. The van der Waals surface area contributed by atoms with Crippen LogP contribution >= 0.6 is 0 Å². The number of aliphatic hydroxyl groups is 1. The highest BCUT2D eigenvalue weighted by Crippen LogP contribution is 2.04. The molecule has 0 aliphatic heterocycles. The van der Waals surface area contributed by atoms with Gasteiger partial charge in [-0.1, -0.05) is 35.1 Å². The molecule has 6 heteroatoms. The van der Waals surface area contributed by atoms with Crippen LogP contribution in [0.1, 0.15) is 62.8 Å². The Kier molecular flexibility index (Phi) is 21.8. The smallest absolute Gasteiger partial charge is 0.227 e. The van der Waals surface area contributed by atoms with Gasteiger partial charge in [-0.05, 0) is 27.7 Å². The Balaban J connectivity index is -0.000000138. The summed E-state index contributed by atoms with van der Waals surface area (Å²) in [5, 5.41) is 11.6. The van der Waals surface area contributed by atoms with E-state index in [9.17, 15) is 9.59 Å². The zero-order chi connectivity index (χ0) is 18.5. The summed E-state index contributed by atoms with van der Waals surface area (Å²) in [5.41, 5.74) is 0. The summed E-state index contributed by atoms with van der Waals surface area (Å²) in [4.78, 5) is 31.6. The van der Waals surface area contributed by atoms with Crippen LogP contribution in [0.2, 0.25) is 0 Å². The predicted molar refractivity (Wildman–Crippen MR) is 95.9 cm³/mol. The van der Waals surface area contributed by atoms with Gasteiger partial charge in [0.1, 0.15) is 13.5 Å². The lowest BCUT2D eigenvalue weighted by atomic mass is 10.2. The second kappa shape index (κ2) is 16.9. The van der Waals surface area contributed by atoms with E-state index in [1.54, 1.807) is 0 Å². The number of carbonyl (C=O) groups is 3. The van der Waals surface area contributed by atoms with Gasteiger partial charge in [-0.15, -0.1) is 0 Å². The minimum Gasteiger partial charge on any atom is -0.376 e. The summed E-state index contributed by atoms with van der Waals surface area (Å²) in [6, 6.07) is 0.342. The van der Waals surface area contributed by atoms with Crippen LogP contribution in [0.25, 0.3) is 0 Å². The van der Waals surface area contributed by atoms with Gasteiger partial charge in [0.05, 0.1) is 0 Å². The molecule has 0 heterocycles. The first-order valence-electron chi connectivity index (χ1n) is 7.55. The Morgan fingerprint density at radius 2 is 1.35 bits per heavy atom. The van der Waals surface area contributed by atoms with Crippen LogP contribution in [0.5, 0.6) is 0 Å². The third kappa shape index (κ3) is 16.8. The van der Waals surface area contributed by atoms with Crippen molar-refractivity contribution in [1.82, 2.24) is 10.2 Å². The van der Waals surface area contributed by atoms with Crippen LogP contribution in [-0.4, -0.2) is 47.4 Å². The summed E-state index contributed by atoms with van der Waals surface area (Å²) >= 11 is 0. The summed E-state index contributed by atoms with van der Waals surface area (Å²) in [7, 11) is 0. The van der Waals surface area contributed by atoms with Crippen molar-refractivity contribution in [3.8, 4) is 0 Å². The number of aliphatic hydroxyl groups excluding tert-OH is 1. The molecule has 0 unspecified atom stereocenters. The standard InChI is InChI=1S/C8H17NO2.C7H15NO.CH2O.CH4/c1-6(2)8(11)9(5-10)7(3)4;1-5(2)7(9)8-6(3)4;1-2;/h6-7,10H,5H2,1-4H3;5-6H,1-4H3,(H,8,9);1H2;1H4. The highest BCUT2D eigenvalue weighted by molar-refractivity contribution is 5.78. The summed E-state index contributed by atoms with van der Waals surface area (Å²) < 4.78 is 0. The van der Waals surface area contributed by atoms with E-state index >= 15 is 0 Å². The number of amides is 2. The van der Waals surface area contributed by atoms with E-state index in [4.69, 9.17) is 9.90 Å². The van der Waals surface area contributed by atoms with E-state index < -0.39 is 0 Å². The van der Waals surface area contributed by atoms with Crippen LogP contribution in [0.4, 0.5) is 0 Å². The first-order chi connectivity index (χ1) is 10.0. The lowest BCUT2D eigenvalue weighted by Crippen LogP contribution is -2.40. The molecule has 0 aliphatic carbocycles. The van der Waals surface area contributed by atoms with Gasteiger partial charge < -0.3 is 20.1 Å². The van der Waals surface area contributed by atoms with Crippen molar-refractivity contribution in [2.75, 3.05) is 6.73 Å². The highest BCUT2D eigenvalue weighted by atomic mass is 16.3. The van der Waals surface area contributed by atoms with Crippen molar-refractivity contribution in [3.05, 3.63) is 0 Å². The Morgan fingerprint density at radius 1 is 0.957 bits per heavy atom. The fourth-order valence-corrected chi connectivity index (χ4v) is 1.27. The second-order valence-corrected chi connectivity index (χ2v) is 6.02. The van der Waals surface area contributed by atoms with Crippen molar-refractivity contribution in [2.24, 2.45) is 11.8 Å². The third-order valence-corrected chi connectivity index (χ3v) is 2.51. The molecule has 0 rings (SSSR count). The fraction of sp³-hybridized carbons (Fsp3) is 0.824. The highest BCUT2D eigenvalue weighted by Gasteiger charge is 2.18. The average Bonchev–Trinajstić information content (AvgIpc) is 2.41. The maximum Gasteiger partial charge on any atom is 0.227 e. The normalized spacial score (nSPS) is 9.43. The van der Waals surface area contributed by atoms with Crippen LogP contribution in [-0.2, 0) is 14.4 Å². The minimum atomic E-state index is -0.186. The third-order valence-electron chi connectivity index (χ3n) is 2.51. The van der Waals surface area contributed by atoms with Crippen LogP contribution in [0, 0.1) is 11.8 Å². The van der Waals surface area contributed by atoms with Gasteiger partial charge in [0.25, 0.3) is 0 Å². The number of rotatable bonds is 5. The van der Waals surface area contributed by atoms with Crippen molar-refractivity contribution in [3.63, 3.8) is 0 Å². The molecule has 0 aromatic carbocycles. The number of hydrogen-bond donors (Lipinski definition) is 2. The second-order valence-electron chi connectivity index (χ2n) is 6.02. The summed E-state index contributed by atoms with van der Waals surface area (Å²) in [5.74, 6) is 0.199. The van der Waals surface area contributed by atoms with Gasteiger partial charge in [0.15, 0.2) is 0 Å². The molecular formula is C17H38N2O4. The molecule has 2 N–H and O–H groups in total. The molecule has 6 nitrogen and oxygen atoms in total. The van der Waals surface area contributed by atoms with Gasteiger partial charge in [-0.3, -0.25) is 9.59 Å². The van der Waals surface area contributed by atoms with Crippen LogP contribution in [0.15, 0.2) is 0 Å². The maximum atomic E-state index is 11.3. The lowest BCUT2D eigenvalue weighted by Gasteiger charge is -2.25. The molecule has 0 aromatic heterocycles. The van der Waals surface area contributed by atoms with Crippen molar-refractivity contribution < 1.29 is 19.5 Å². The van der Waals surface area contributed by atoms with Gasteiger partial charge in [0, 0.05) is 23.9 Å². The number of carbonyl (C=O) groups excluding carboxylic acids is 3. The number of nitrogens with zero attached hydrogens (tertiary/aromatic N) is 1. The number of hydrogen-bond acceptors (Lipinski definition) is 4. The zero-order valence-corrected chi connectivity index (χ0v) is 15.3.